The molecule has 1 atom stereocenters. The second-order valence-corrected chi connectivity index (χ2v) is 5.85. The van der Waals surface area contributed by atoms with E-state index in [9.17, 15) is 4.79 Å². The number of furan rings is 1. The van der Waals surface area contributed by atoms with Gasteiger partial charge in [0.1, 0.15) is 11.3 Å². The first kappa shape index (κ1) is 14.6. The molecule has 1 aromatic carbocycles. The normalized spacial score (nSPS) is 12.3. The summed E-state index contributed by atoms with van der Waals surface area (Å²) in [6.45, 7) is 5.77. The molecule has 6 heteroatoms. The van der Waals surface area contributed by atoms with Crippen LogP contribution in [0.2, 0.25) is 0 Å². The van der Waals surface area contributed by atoms with E-state index in [1.165, 1.54) is 11.5 Å². The summed E-state index contributed by atoms with van der Waals surface area (Å²) in [6.07, 6.45) is 0. The predicted octanol–water partition coefficient (Wildman–Crippen LogP) is 4.39. The van der Waals surface area contributed by atoms with E-state index in [1.807, 2.05) is 50.4 Å². The fourth-order valence-corrected chi connectivity index (χ4v) is 3.08. The van der Waals surface area contributed by atoms with Gasteiger partial charge >= 0.3 is 6.03 Å². The lowest BCUT2D eigenvalue weighted by Gasteiger charge is -2.13. The van der Waals surface area contributed by atoms with Crippen LogP contribution >= 0.6 is 11.5 Å². The molecule has 0 spiro atoms. The molecule has 0 aliphatic carbocycles. The summed E-state index contributed by atoms with van der Waals surface area (Å²) >= 11 is 1.32. The van der Waals surface area contributed by atoms with Crippen LogP contribution in [0, 0.1) is 13.8 Å². The van der Waals surface area contributed by atoms with Gasteiger partial charge in [0.05, 0.1) is 17.4 Å². The van der Waals surface area contributed by atoms with Crippen molar-refractivity contribution in [2.45, 2.75) is 26.8 Å². The first-order valence-corrected chi connectivity index (χ1v) is 7.86. The Labute approximate surface area is 132 Å². The van der Waals surface area contributed by atoms with Gasteiger partial charge in [0, 0.05) is 16.3 Å². The van der Waals surface area contributed by atoms with Gasteiger partial charge in [-0.1, -0.05) is 18.2 Å². The van der Waals surface area contributed by atoms with Gasteiger partial charge < -0.3 is 15.1 Å². The molecule has 2 amide bonds. The summed E-state index contributed by atoms with van der Waals surface area (Å²) < 4.78 is 10.00. The van der Waals surface area contributed by atoms with Gasteiger partial charge in [0.2, 0.25) is 0 Å². The lowest BCUT2D eigenvalue weighted by molar-refractivity contribution is 0.248. The van der Waals surface area contributed by atoms with Crippen LogP contribution < -0.4 is 10.6 Å². The number of anilines is 1. The number of benzene rings is 1. The number of carbonyl (C=O) groups is 1. The lowest BCUT2D eigenvalue weighted by Crippen LogP contribution is -2.31. The molecule has 1 unspecified atom stereocenters. The van der Waals surface area contributed by atoms with Crippen molar-refractivity contribution in [3.63, 3.8) is 0 Å². The van der Waals surface area contributed by atoms with Crippen LogP contribution in [0.25, 0.3) is 11.0 Å². The van der Waals surface area contributed by atoms with Gasteiger partial charge in [-0.3, -0.25) is 0 Å². The molecule has 0 radical (unpaired) electrons. The monoisotopic (exact) mass is 315 g/mol. The van der Waals surface area contributed by atoms with Crippen molar-refractivity contribution in [1.29, 1.82) is 0 Å². The van der Waals surface area contributed by atoms with E-state index in [-0.39, 0.29) is 12.1 Å². The summed E-state index contributed by atoms with van der Waals surface area (Å²) in [5, 5.41) is 8.58. The number of amides is 2. The minimum atomic E-state index is -0.268. The van der Waals surface area contributed by atoms with Crippen LogP contribution in [0.15, 0.2) is 34.1 Å². The van der Waals surface area contributed by atoms with Crippen molar-refractivity contribution < 1.29 is 9.21 Å². The van der Waals surface area contributed by atoms with Gasteiger partial charge in [-0.05, 0) is 38.4 Å². The molecule has 2 heterocycles. The number of urea groups is 1. The highest BCUT2D eigenvalue weighted by atomic mass is 32.1. The third-order valence-electron chi connectivity index (χ3n) is 3.62. The summed E-state index contributed by atoms with van der Waals surface area (Å²) in [5.74, 6) is 0.775. The van der Waals surface area contributed by atoms with Crippen LogP contribution in [0.1, 0.15) is 30.0 Å². The number of para-hydroxylation sites is 1. The number of nitrogens with zero attached hydrogens (tertiary/aromatic N) is 1. The third-order valence-corrected chi connectivity index (χ3v) is 4.34. The molecular formula is C16H17N3O2S. The summed E-state index contributed by atoms with van der Waals surface area (Å²) in [6, 6.07) is 7.37. The van der Waals surface area contributed by atoms with Crippen molar-refractivity contribution in [2.24, 2.45) is 0 Å². The summed E-state index contributed by atoms with van der Waals surface area (Å²) in [7, 11) is 0. The van der Waals surface area contributed by atoms with E-state index in [0.29, 0.717) is 0 Å². The second kappa shape index (κ2) is 5.81. The lowest BCUT2D eigenvalue weighted by atomic mass is 10.1. The molecule has 5 nitrogen and oxygen atoms in total. The van der Waals surface area contributed by atoms with Crippen molar-refractivity contribution in [3.05, 3.63) is 46.7 Å². The molecule has 0 aliphatic rings. The fourth-order valence-electron chi connectivity index (χ4n) is 2.44. The number of nitrogens with one attached hydrogen (secondary N) is 2. The molecule has 22 heavy (non-hydrogen) atoms. The molecule has 2 aromatic heterocycles. The van der Waals surface area contributed by atoms with E-state index >= 15 is 0 Å². The Morgan fingerprint density at radius 1 is 1.32 bits per heavy atom. The van der Waals surface area contributed by atoms with E-state index < -0.39 is 0 Å². The van der Waals surface area contributed by atoms with Gasteiger partial charge in [-0.25, -0.2) is 4.79 Å². The van der Waals surface area contributed by atoms with Crippen molar-refractivity contribution in [3.8, 4) is 0 Å². The first-order valence-electron chi connectivity index (χ1n) is 7.02. The Kier molecular flexibility index (Phi) is 3.85. The highest BCUT2D eigenvalue weighted by molar-refractivity contribution is 7.04. The summed E-state index contributed by atoms with van der Waals surface area (Å²) in [5.41, 5.74) is 3.43. The molecule has 0 saturated carbocycles. The van der Waals surface area contributed by atoms with Gasteiger partial charge in [0.15, 0.2) is 0 Å². The average molecular weight is 315 g/mol. The molecule has 114 valence electrons. The Bertz CT molecular complexity index is 822. The maximum atomic E-state index is 12.1. The molecule has 3 aromatic rings. The quantitative estimate of drug-likeness (QED) is 0.753. The highest BCUT2D eigenvalue weighted by Gasteiger charge is 2.18. The highest BCUT2D eigenvalue weighted by Crippen LogP contribution is 2.29. The van der Waals surface area contributed by atoms with Gasteiger partial charge in [-0.2, -0.15) is 4.37 Å². The zero-order valence-corrected chi connectivity index (χ0v) is 13.5. The van der Waals surface area contributed by atoms with Crippen molar-refractivity contribution >= 4 is 34.2 Å². The molecule has 0 saturated heterocycles. The molecule has 0 bridgehead atoms. The average Bonchev–Trinajstić information content (AvgIpc) is 3.04. The zero-order valence-electron chi connectivity index (χ0n) is 12.6. The Morgan fingerprint density at radius 3 is 2.77 bits per heavy atom. The standard InChI is InChI=1S/C16H17N3O2S/c1-9-12-6-4-5-7-14(12)21-15(9)11(3)17-16(20)18-13-8-22-19-10(13)2/h4-8,11H,1-3H3,(H2,17,18,20). The van der Waals surface area contributed by atoms with E-state index in [4.69, 9.17) is 4.42 Å². The van der Waals surface area contributed by atoms with E-state index in [1.54, 1.807) is 0 Å². The van der Waals surface area contributed by atoms with Crippen molar-refractivity contribution in [2.75, 3.05) is 5.32 Å². The van der Waals surface area contributed by atoms with Crippen LogP contribution in [-0.2, 0) is 0 Å². The molecular weight excluding hydrogens is 298 g/mol. The second-order valence-electron chi connectivity index (χ2n) is 5.22. The van der Waals surface area contributed by atoms with Crippen molar-refractivity contribution in [1.82, 2.24) is 9.69 Å². The van der Waals surface area contributed by atoms with Crippen LogP contribution in [0.4, 0.5) is 10.5 Å². The van der Waals surface area contributed by atoms with E-state index in [2.05, 4.69) is 15.0 Å². The Balaban J connectivity index is 1.75. The third kappa shape index (κ3) is 2.69. The first-order chi connectivity index (χ1) is 10.6. The molecule has 3 rings (SSSR count). The molecule has 2 N–H and O–H groups in total. The number of carbonyl (C=O) groups excluding carboxylic acids is 1. The Hall–Kier alpha value is -2.34. The predicted molar refractivity (Wildman–Crippen MR) is 88.4 cm³/mol. The number of aryl methyl sites for hydroxylation is 2. The summed E-state index contributed by atoms with van der Waals surface area (Å²) in [4.78, 5) is 12.1. The maximum Gasteiger partial charge on any atom is 0.319 e. The van der Waals surface area contributed by atoms with Gasteiger partial charge in [-0.15, -0.1) is 0 Å². The van der Waals surface area contributed by atoms with Gasteiger partial charge in [0.25, 0.3) is 0 Å². The number of hydrogen-bond acceptors (Lipinski definition) is 4. The van der Waals surface area contributed by atoms with E-state index in [0.717, 1.165) is 33.7 Å². The zero-order chi connectivity index (χ0) is 15.7. The number of fused-ring (bicyclic) bond motifs is 1. The maximum absolute atomic E-state index is 12.1. The van der Waals surface area contributed by atoms with Crippen LogP contribution in [0.5, 0.6) is 0 Å². The SMILES string of the molecule is Cc1nscc1NC(=O)NC(C)c1oc2ccccc2c1C. The smallest absolute Gasteiger partial charge is 0.319 e. The number of aromatic nitrogens is 1. The topological polar surface area (TPSA) is 67.2 Å². The number of rotatable bonds is 3. The molecule has 0 aliphatic heterocycles. The Morgan fingerprint density at radius 2 is 2.09 bits per heavy atom. The fraction of sp³-hybridized carbons (Fsp3) is 0.250. The minimum Gasteiger partial charge on any atom is -0.459 e. The minimum absolute atomic E-state index is 0.223. The largest absolute Gasteiger partial charge is 0.459 e. The molecule has 0 fully saturated rings. The number of hydrogen-bond donors (Lipinski definition) is 2. The van der Waals surface area contributed by atoms with Crippen LogP contribution in [-0.4, -0.2) is 10.4 Å². The van der Waals surface area contributed by atoms with Crippen LogP contribution in [0.3, 0.4) is 0 Å².